The third-order valence-electron chi connectivity index (χ3n) is 4.11. The largest absolute Gasteiger partial charge is 0.467 e. The molecule has 2 aromatic carbocycles. The predicted molar refractivity (Wildman–Crippen MR) is 99.8 cm³/mol. The van der Waals surface area contributed by atoms with E-state index in [1.165, 1.54) is 19.1 Å². The molecule has 2 aromatic rings. The van der Waals surface area contributed by atoms with E-state index < -0.39 is 36.0 Å². The Hall–Kier alpha value is -3.00. The van der Waals surface area contributed by atoms with Gasteiger partial charge in [0.05, 0.1) is 13.2 Å². The molecule has 0 aromatic heterocycles. The zero-order chi connectivity index (χ0) is 20.7. The Labute approximate surface area is 161 Å². The lowest BCUT2D eigenvalue weighted by molar-refractivity contribution is -0.156. The van der Waals surface area contributed by atoms with Gasteiger partial charge in [-0.3, -0.25) is 4.79 Å². The molecule has 150 valence electrons. The number of carbonyl (C=O) groups excluding carboxylic acids is 2. The van der Waals surface area contributed by atoms with Crippen LogP contribution in [-0.4, -0.2) is 42.2 Å². The van der Waals surface area contributed by atoms with Crippen LogP contribution >= 0.6 is 0 Å². The number of amides is 1. The lowest BCUT2D eigenvalue weighted by atomic mass is 9.98. The van der Waals surface area contributed by atoms with Crippen molar-refractivity contribution in [1.29, 1.82) is 0 Å². The van der Waals surface area contributed by atoms with Crippen LogP contribution in [0.3, 0.4) is 0 Å². The van der Waals surface area contributed by atoms with Gasteiger partial charge in [0.25, 0.3) is 5.91 Å². The number of para-hydroxylation sites is 1. The molecule has 0 saturated heterocycles. The number of methoxy groups -OCH3 is 1. The Morgan fingerprint density at radius 2 is 1.57 bits per heavy atom. The van der Waals surface area contributed by atoms with E-state index in [2.05, 4.69) is 10.1 Å². The number of hydrogen-bond acceptors (Lipinski definition) is 5. The number of esters is 1. The molecule has 1 amide bonds. The monoisotopic (exact) mass is 392 g/mol. The lowest BCUT2D eigenvalue weighted by Crippen LogP contribution is -2.55. The first kappa shape index (κ1) is 21.3. The Morgan fingerprint density at radius 3 is 2.07 bits per heavy atom. The van der Waals surface area contributed by atoms with E-state index in [4.69, 9.17) is 0 Å². The number of aliphatic hydroxyl groups is 1. The number of rotatable bonds is 8. The molecule has 3 atom stereocenters. The Balaban J connectivity index is 2.34. The van der Waals surface area contributed by atoms with Crippen molar-refractivity contribution in [1.82, 2.24) is 5.32 Å². The highest BCUT2D eigenvalue weighted by Gasteiger charge is 2.49. The van der Waals surface area contributed by atoms with Crippen molar-refractivity contribution >= 4 is 17.6 Å². The Bertz CT molecular complexity index is 785. The van der Waals surface area contributed by atoms with Crippen molar-refractivity contribution in [2.24, 2.45) is 0 Å². The predicted octanol–water partition coefficient (Wildman–Crippen LogP) is 2.51. The molecule has 0 bridgehead atoms. The van der Waals surface area contributed by atoms with Gasteiger partial charge in [0.15, 0.2) is 6.04 Å². The molecular weight excluding hydrogens is 370 g/mol. The minimum Gasteiger partial charge on any atom is -0.467 e. The van der Waals surface area contributed by atoms with Gasteiger partial charge >= 0.3 is 11.9 Å². The average Bonchev–Trinajstić information content (AvgIpc) is 2.70. The maximum Gasteiger partial charge on any atom is 0.348 e. The number of alkyl halides is 2. The zero-order valence-electron chi connectivity index (χ0n) is 15.4. The fourth-order valence-electron chi connectivity index (χ4n) is 2.60. The van der Waals surface area contributed by atoms with Gasteiger partial charge in [-0.2, -0.15) is 8.78 Å². The molecule has 0 heterocycles. The highest BCUT2D eigenvalue weighted by molar-refractivity contribution is 5.90. The summed E-state index contributed by atoms with van der Waals surface area (Å²) in [5, 5.41) is 14.2. The standard InChI is InChI=1S/C20H22F2N2O4/c1-13(25)16(18(26)28-2)24-19(27)20(21,22)17(14-9-5-3-6-10-14)23-15-11-7-4-8-12-15/h3-13,16-17,23,25H,1-2H3,(H,24,27)/t13?,16-,17?/m0/s1. The summed E-state index contributed by atoms with van der Waals surface area (Å²) in [6.07, 6.45) is -1.41. The minimum atomic E-state index is -3.95. The molecule has 0 aliphatic heterocycles. The van der Waals surface area contributed by atoms with Crippen LogP contribution in [0, 0.1) is 0 Å². The molecule has 0 radical (unpaired) electrons. The SMILES string of the molecule is COC(=O)[C@@H](NC(=O)C(F)(F)C(Nc1ccccc1)c1ccccc1)C(C)O. The van der Waals surface area contributed by atoms with Gasteiger partial charge in [0, 0.05) is 5.69 Å². The molecule has 0 fully saturated rings. The van der Waals surface area contributed by atoms with Crippen molar-refractivity contribution < 1.29 is 28.2 Å². The van der Waals surface area contributed by atoms with Crippen molar-refractivity contribution in [3.8, 4) is 0 Å². The number of halogens is 2. The van der Waals surface area contributed by atoms with Crippen LogP contribution in [0.15, 0.2) is 60.7 Å². The first-order chi connectivity index (χ1) is 13.3. The molecular formula is C20H22F2N2O4. The molecule has 0 aliphatic carbocycles. The third-order valence-corrected chi connectivity index (χ3v) is 4.11. The van der Waals surface area contributed by atoms with E-state index in [-0.39, 0.29) is 5.56 Å². The van der Waals surface area contributed by atoms with Crippen molar-refractivity contribution in [3.05, 3.63) is 66.2 Å². The first-order valence-corrected chi connectivity index (χ1v) is 8.58. The average molecular weight is 392 g/mol. The van der Waals surface area contributed by atoms with Gasteiger partial charge in [-0.1, -0.05) is 48.5 Å². The smallest absolute Gasteiger partial charge is 0.348 e. The van der Waals surface area contributed by atoms with Crippen LogP contribution in [0.25, 0.3) is 0 Å². The van der Waals surface area contributed by atoms with Crippen molar-refractivity contribution in [2.75, 3.05) is 12.4 Å². The number of carbonyl (C=O) groups is 2. The maximum atomic E-state index is 15.1. The quantitative estimate of drug-likeness (QED) is 0.601. The van der Waals surface area contributed by atoms with Crippen LogP contribution in [0.5, 0.6) is 0 Å². The second-order valence-corrected chi connectivity index (χ2v) is 6.19. The van der Waals surface area contributed by atoms with Gasteiger partial charge in [-0.25, -0.2) is 4.79 Å². The molecule has 0 saturated carbocycles. The van der Waals surface area contributed by atoms with E-state index >= 15 is 8.78 Å². The van der Waals surface area contributed by atoms with E-state index in [0.29, 0.717) is 5.69 Å². The number of aliphatic hydroxyl groups excluding tert-OH is 1. The molecule has 0 spiro atoms. The normalized spacial score (nSPS) is 14.5. The Kier molecular flexibility index (Phi) is 7.06. The second-order valence-electron chi connectivity index (χ2n) is 6.19. The van der Waals surface area contributed by atoms with Crippen molar-refractivity contribution in [2.45, 2.75) is 31.0 Å². The zero-order valence-corrected chi connectivity index (χ0v) is 15.4. The first-order valence-electron chi connectivity index (χ1n) is 8.58. The minimum absolute atomic E-state index is 0.179. The highest BCUT2D eigenvalue weighted by Crippen LogP contribution is 2.35. The van der Waals surface area contributed by atoms with E-state index in [9.17, 15) is 14.7 Å². The number of anilines is 1. The molecule has 2 unspecified atom stereocenters. The summed E-state index contributed by atoms with van der Waals surface area (Å²) >= 11 is 0. The fourth-order valence-corrected chi connectivity index (χ4v) is 2.60. The van der Waals surface area contributed by atoms with Crippen LogP contribution < -0.4 is 10.6 Å². The van der Waals surface area contributed by atoms with Gasteiger partial charge in [0.1, 0.15) is 6.04 Å². The van der Waals surface area contributed by atoms with Crippen molar-refractivity contribution in [3.63, 3.8) is 0 Å². The fraction of sp³-hybridized carbons (Fsp3) is 0.300. The van der Waals surface area contributed by atoms with Gasteiger partial charge in [-0.05, 0) is 24.6 Å². The van der Waals surface area contributed by atoms with Crippen LogP contribution in [0.4, 0.5) is 14.5 Å². The number of hydrogen-bond donors (Lipinski definition) is 3. The van der Waals surface area contributed by atoms with Gasteiger partial charge in [0.2, 0.25) is 0 Å². The molecule has 3 N–H and O–H groups in total. The number of nitrogens with one attached hydrogen (secondary N) is 2. The summed E-state index contributed by atoms with van der Waals surface area (Å²) in [5.74, 6) is -6.68. The van der Waals surface area contributed by atoms with Crippen LogP contribution in [0.1, 0.15) is 18.5 Å². The molecule has 2 rings (SSSR count). The number of benzene rings is 2. The van der Waals surface area contributed by atoms with Crippen LogP contribution in [0.2, 0.25) is 0 Å². The summed E-state index contributed by atoms with van der Waals surface area (Å²) in [4.78, 5) is 24.1. The topological polar surface area (TPSA) is 87.7 Å². The van der Waals surface area contributed by atoms with Gasteiger partial charge < -0.3 is 20.5 Å². The molecule has 0 aliphatic rings. The summed E-state index contributed by atoms with van der Waals surface area (Å²) in [6.45, 7) is 1.19. The summed E-state index contributed by atoms with van der Waals surface area (Å²) in [5.41, 5.74) is 0.571. The Morgan fingerprint density at radius 1 is 1.04 bits per heavy atom. The van der Waals surface area contributed by atoms with Crippen LogP contribution in [-0.2, 0) is 14.3 Å². The van der Waals surface area contributed by atoms with Gasteiger partial charge in [-0.15, -0.1) is 0 Å². The maximum absolute atomic E-state index is 15.1. The third kappa shape index (κ3) is 5.04. The van der Waals surface area contributed by atoms with E-state index in [1.807, 2.05) is 5.32 Å². The molecule has 28 heavy (non-hydrogen) atoms. The second kappa shape index (κ2) is 9.27. The van der Waals surface area contributed by atoms with E-state index in [1.54, 1.807) is 48.5 Å². The summed E-state index contributed by atoms with van der Waals surface area (Å²) < 4.78 is 34.7. The summed E-state index contributed by atoms with van der Waals surface area (Å²) in [7, 11) is 1.03. The number of ether oxygens (including phenoxy) is 1. The summed E-state index contributed by atoms with van der Waals surface area (Å²) in [6, 6.07) is 12.7. The highest BCUT2D eigenvalue weighted by atomic mass is 19.3. The van der Waals surface area contributed by atoms with E-state index in [0.717, 1.165) is 7.11 Å². The lowest BCUT2D eigenvalue weighted by Gasteiger charge is -2.30. The molecule has 6 nitrogen and oxygen atoms in total. The molecule has 8 heteroatoms.